The van der Waals surface area contributed by atoms with E-state index in [1.165, 1.54) is 148 Å². The van der Waals surface area contributed by atoms with E-state index in [1.807, 2.05) is 6.08 Å². The van der Waals surface area contributed by atoms with E-state index in [0.717, 1.165) is 65.2 Å². The van der Waals surface area contributed by atoms with Crippen LogP contribution in [-0.4, -0.2) is 300 Å². The van der Waals surface area contributed by atoms with Gasteiger partial charge in [0.15, 0.2) is 31.5 Å². The lowest BCUT2D eigenvalue weighted by Gasteiger charge is -2.50. The number of nitrogens with one attached hydrogen (secondary N) is 3. The Kier molecular flexibility index (Phi) is 48.4. The SMILES string of the molecule is CCCCCCCC/C=C\CCCCCCCCCCCCCCCC(=O)N[C@@H](CO[C@@H]1OC(CO)[C@@H](O[C@@H]2OC(CO[C@@H]3OC(CO)[C@@H](O)[C@H](O)C3NC(C)=O)[C@H](O)[C@H](O[C@H]3OC(CO)[C@H](O)[C@H](O[C@@H]4OC(CO)[C@H](O)[C@H](O)C4NC(C)=O)C3O)C2O)[C@H](O)C1O)[C@H](O)/C=C/CCCCCCCCCCCCC. The number of ether oxygens (including phenoxy) is 10. The van der Waals surface area contributed by atoms with Crippen molar-refractivity contribution in [3.8, 4) is 0 Å². The van der Waals surface area contributed by atoms with Gasteiger partial charge in [-0.25, -0.2) is 0 Å². The van der Waals surface area contributed by atoms with Crippen molar-refractivity contribution < 1.29 is 138 Å². The Balaban J connectivity index is 1.24. The Labute approximate surface area is 645 Å². The summed E-state index contributed by atoms with van der Waals surface area (Å²) in [5, 5.41) is 175. The topological polar surface area (TPSA) is 483 Å². The maximum absolute atomic E-state index is 13.6. The molecule has 0 radical (unpaired) electrons. The maximum atomic E-state index is 13.6. The first-order chi connectivity index (χ1) is 52.5. The van der Waals surface area contributed by atoms with Crippen LogP contribution in [0.2, 0.25) is 0 Å². The molecule has 0 aromatic heterocycles. The minimum Gasteiger partial charge on any atom is -0.394 e. The highest BCUT2D eigenvalue weighted by Gasteiger charge is 2.57. The van der Waals surface area contributed by atoms with E-state index in [4.69, 9.17) is 47.4 Å². The number of aliphatic hydroxyl groups is 15. The Morgan fingerprint density at radius 3 is 1.17 bits per heavy atom. The molecule has 0 aromatic carbocycles. The molecule has 18 N–H and O–H groups in total. The van der Waals surface area contributed by atoms with Gasteiger partial charge in [0.05, 0.1) is 51.8 Å². The zero-order chi connectivity index (χ0) is 79.6. The Bertz CT molecular complexity index is 2460. The molecule has 0 spiro atoms. The number of unbranched alkanes of at least 4 members (excludes halogenated alkanes) is 30. The first-order valence-corrected chi connectivity index (χ1v) is 41.1. The third kappa shape index (κ3) is 33.2. The zero-order valence-electron chi connectivity index (χ0n) is 65.2. The second kappa shape index (κ2) is 54.7. The molecule has 0 aliphatic carbocycles. The van der Waals surface area contributed by atoms with Crippen LogP contribution in [0.15, 0.2) is 24.3 Å². The van der Waals surface area contributed by atoms with Crippen LogP contribution in [0.25, 0.3) is 0 Å². The molecule has 27 atom stereocenters. The highest BCUT2D eigenvalue weighted by molar-refractivity contribution is 5.76. The number of aliphatic hydroxyl groups excluding tert-OH is 15. The molecule has 5 heterocycles. The minimum absolute atomic E-state index is 0.167. The molecule has 0 aromatic rings. The summed E-state index contributed by atoms with van der Waals surface area (Å²) in [6.45, 7) is 1.58. The lowest BCUT2D eigenvalue weighted by Crippen LogP contribution is -2.69. The first kappa shape index (κ1) is 96.5. The highest BCUT2D eigenvalue weighted by Crippen LogP contribution is 2.36. The zero-order valence-corrected chi connectivity index (χ0v) is 65.2. The van der Waals surface area contributed by atoms with Crippen LogP contribution in [0, 0.1) is 0 Å². The summed E-state index contributed by atoms with van der Waals surface area (Å²) in [6.07, 6.45) is 1.90. The fourth-order valence-electron chi connectivity index (χ4n) is 14.6. The molecule has 31 nitrogen and oxygen atoms in total. The first-order valence-electron chi connectivity index (χ1n) is 41.1. The molecule has 636 valence electrons. The van der Waals surface area contributed by atoms with E-state index < -0.39 is 217 Å². The van der Waals surface area contributed by atoms with Crippen molar-refractivity contribution in [2.24, 2.45) is 0 Å². The second-order valence-corrected chi connectivity index (χ2v) is 30.4. The van der Waals surface area contributed by atoms with Crippen LogP contribution < -0.4 is 16.0 Å². The number of rotatable bonds is 56. The van der Waals surface area contributed by atoms with Crippen LogP contribution in [0.1, 0.15) is 246 Å². The Hall–Kier alpha value is -3.11. The molecular weight excluding hydrogens is 1430 g/mol. The smallest absolute Gasteiger partial charge is 0.220 e. The van der Waals surface area contributed by atoms with Crippen molar-refractivity contribution in [1.82, 2.24) is 16.0 Å². The van der Waals surface area contributed by atoms with Crippen LogP contribution in [0.3, 0.4) is 0 Å². The molecule has 0 saturated carbocycles. The largest absolute Gasteiger partial charge is 0.394 e. The van der Waals surface area contributed by atoms with Gasteiger partial charge in [0.2, 0.25) is 17.7 Å². The molecule has 31 heteroatoms. The van der Waals surface area contributed by atoms with E-state index in [2.05, 4.69) is 41.9 Å². The molecule has 3 amide bonds. The lowest BCUT2D eigenvalue weighted by atomic mass is 9.94. The van der Waals surface area contributed by atoms with Gasteiger partial charge in [-0.3, -0.25) is 14.4 Å². The summed E-state index contributed by atoms with van der Waals surface area (Å²) in [5.74, 6) is -1.82. The molecule has 109 heavy (non-hydrogen) atoms. The third-order valence-corrected chi connectivity index (χ3v) is 21.3. The monoisotopic (exact) mass is 1570 g/mol. The van der Waals surface area contributed by atoms with Gasteiger partial charge >= 0.3 is 0 Å². The summed E-state index contributed by atoms with van der Waals surface area (Å²) >= 11 is 0. The Morgan fingerprint density at radius 1 is 0.367 bits per heavy atom. The molecule has 5 aliphatic heterocycles. The van der Waals surface area contributed by atoms with Gasteiger partial charge in [-0.05, 0) is 44.9 Å². The van der Waals surface area contributed by atoms with Crippen molar-refractivity contribution in [2.75, 3.05) is 39.6 Å². The molecule has 5 saturated heterocycles. The molecule has 5 fully saturated rings. The van der Waals surface area contributed by atoms with Crippen LogP contribution >= 0.6 is 0 Å². The van der Waals surface area contributed by atoms with E-state index in [1.54, 1.807) is 6.08 Å². The van der Waals surface area contributed by atoms with E-state index in [-0.39, 0.29) is 12.3 Å². The predicted molar refractivity (Wildman–Crippen MR) is 398 cm³/mol. The molecule has 5 rings (SSSR count). The molecule has 0 bridgehead atoms. The minimum atomic E-state index is -2.27. The molecule has 10 unspecified atom stereocenters. The average Bonchev–Trinajstić information content (AvgIpc) is 0.776. The van der Waals surface area contributed by atoms with Crippen molar-refractivity contribution in [3.05, 3.63) is 24.3 Å². The number of carbonyl (C=O) groups excluding carboxylic acids is 3. The van der Waals surface area contributed by atoms with Crippen molar-refractivity contribution >= 4 is 17.7 Å². The number of hydrogen-bond acceptors (Lipinski definition) is 28. The summed E-state index contributed by atoms with van der Waals surface area (Å²) in [5.41, 5.74) is 0. The summed E-state index contributed by atoms with van der Waals surface area (Å²) in [7, 11) is 0. The third-order valence-electron chi connectivity index (χ3n) is 21.3. The van der Waals surface area contributed by atoms with Gasteiger partial charge in [0.1, 0.15) is 122 Å². The summed E-state index contributed by atoms with van der Waals surface area (Å²) in [6, 6.07) is -4.22. The number of hydrogen-bond donors (Lipinski definition) is 18. The van der Waals surface area contributed by atoms with Gasteiger partial charge in [0, 0.05) is 20.3 Å². The maximum Gasteiger partial charge on any atom is 0.220 e. The summed E-state index contributed by atoms with van der Waals surface area (Å²) in [4.78, 5) is 38.3. The number of amides is 3. The highest BCUT2D eigenvalue weighted by atomic mass is 16.8. The van der Waals surface area contributed by atoms with Gasteiger partial charge in [-0.2, -0.15) is 0 Å². The number of carbonyl (C=O) groups is 3. The second-order valence-electron chi connectivity index (χ2n) is 30.4. The van der Waals surface area contributed by atoms with Crippen molar-refractivity contribution in [1.29, 1.82) is 0 Å². The molecular formula is C78H141N3O28. The van der Waals surface area contributed by atoms with E-state index in [9.17, 15) is 91.0 Å². The van der Waals surface area contributed by atoms with Gasteiger partial charge < -0.3 is 140 Å². The lowest BCUT2D eigenvalue weighted by molar-refractivity contribution is -0.390. The number of allylic oxidation sites excluding steroid dienone is 3. The van der Waals surface area contributed by atoms with E-state index >= 15 is 0 Å². The average molecular weight is 1570 g/mol. The Morgan fingerprint density at radius 2 is 0.725 bits per heavy atom. The van der Waals surface area contributed by atoms with Gasteiger partial charge in [-0.1, -0.05) is 205 Å². The van der Waals surface area contributed by atoms with Gasteiger partial charge in [-0.15, -0.1) is 0 Å². The van der Waals surface area contributed by atoms with Crippen LogP contribution in [-0.2, 0) is 61.8 Å². The van der Waals surface area contributed by atoms with E-state index in [0.29, 0.717) is 12.8 Å². The quantitative estimate of drug-likeness (QED) is 0.0307. The normalized spacial score (nSPS) is 33.7. The van der Waals surface area contributed by atoms with Crippen molar-refractivity contribution in [3.63, 3.8) is 0 Å². The summed E-state index contributed by atoms with van der Waals surface area (Å²) < 4.78 is 59.4. The fourth-order valence-corrected chi connectivity index (χ4v) is 14.6. The van der Waals surface area contributed by atoms with Gasteiger partial charge in [0.25, 0.3) is 0 Å². The van der Waals surface area contributed by atoms with Crippen molar-refractivity contribution in [2.45, 2.75) is 412 Å². The molecule has 5 aliphatic rings. The fraction of sp³-hybridized carbons (Fsp3) is 0.910. The standard InChI is InChI=1S/C78H141N3O28/c1-5-7-9-11-13-15-17-19-20-21-22-23-24-25-26-27-28-30-32-34-36-38-40-42-58(89)81-51(52(88)41-39-37-35-33-31-29-18-16-14-12-10-8-6-2)47-100-76-68(97)67(96)71(56(46-85)105-76)107-78-70(99)73(64(93)57(106-78)48-101-74-59(79-49(3)86)65(94)61(90)53(43-82)102-74)109-77-69(98)72(63(92)55(45-84)104-77)108-75-60(80-50(4)87)66(95)62(91)54(44-83)103-75/h19-20,39,41,51-57,59-78,82-85,88,90-99H,5-18,21-38,40,42-48H2,1-4H3,(H,79,86)(H,80,87)(H,81,89)/b20-19-,41-39+/t51-,52+,53?,54?,55?,56?,57?,59?,60?,61+,62-,63-,64-,65+,66+,67+,68?,69?,70?,71+,72-,73-,74+,75-,76+,77+,78-/m0/s1. The predicted octanol–water partition coefficient (Wildman–Crippen LogP) is 2.65. The van der Waals surface area contributed by atoms with Crippen LogP contribution in [0.4, 0.5) is 0 Å². The van der Waals surface area contributed by atoms with Crippen LogP contribution in [0.5, 0.6) is 0 Å².